The van der Waals surface area contributed by atoms with Gasteiger partial charge in [-0.3, -0.25) is 4.79 Å². The number of benzene rings is 2. The lowest BCUT2D eigenvalue weighted by Crippen LogP contribution is -2.42. The van der Waals surface area contributed by atoms with Gasteiger partial charge in [-0.15, -0.1) is 0 Å². The highest BCUT2D eigenvalue weighted by Gasteiger charge is 2.24. The van der Waals surface area contributed by atoms with Gasteiger partial charge in [-0.05, 0) is 35.9 Å². The molecule has 1 fully saturated rings. The topological polar surface area (TPSA) is 42.4 Å². The summed E-state index contributed by atoms with van der Waals surface area (Å²) in [4.78, 5) is 18.6. The summed E-state index contributed by atoms with van der Waals surface area (Å²) in [6, 6.07) is 10.5. The lowest BCUT2D eigenvalue weighted by molar-refractivity contribution is -0.132. The summed E-state index contributed by atoms with van der Waals surface area (Å²) in [5, 5.41) is 0.534. The Balaban J connectivity index is 1.31. The van der Waals surface area contributed by atoms with E-state index < -0.39 is 0 Å². The highest BCUT2D eigenvalue weighted by atomic mass is 32.1. The molecule has 4 rings (SSSR count). The van der Waals surface area contributed by atoms with E-state index in [1.165, 1.54) is 35.6 Å². The predicted octanol–water partition coefficient (Wildman–Crippen LogP) is 4.19. The van der Waals surface area contributed by atoms with Crippen LogP contribution in [-0.4, -0.2) is 35.0 Å². The van der Waals surface area contributed by atoms with Crippen LogP contribution >= 0.6 is 11.3 Å². The standard InChI is InChI=1S/C20H18F2N2O2S/c21-14-3-1-13(2-4-14)11-19(25)24-9-7-16(8-10-24)26-20-23-17-6-5-15(22)12-18(17)27-20/h1-6,12,16H,7-11H2. The lowest BCUT2D eigenvalue weighted by atomic mass is 10.1. The zero-order chi connectivity index (χ0) is 18.8. The van der Waals surface area contributed by atoms with Gasteiger partial charge in [-0.25, -0.2) is 13.8 Å². The van der Waals surface area contributed by atoms with Crippen LogP contribution in [0.4, 0.5) is 8.78 Å². The Morgan fingerprint density at radius 1 is 1.11 bits per heavy atom. The number of hydrogen-bond donors (Lipinski definition) is 0. The van der Waals surface area contributed by atoms with E-state index in [0.717, 1.165) is 28.6 Å². The van der Waals surface area contributed by atoms with Crippen molar-refractivity contribution in [2.24, 2.45) is 0 Å². The van der Waals surface area contributed by atoms with E-state index in [2.05, 4.69) is 4.98 Å². The molecular weight excluding hydrogens is 370 g/mol. The minimum atomic E-state index is -0.304. The fourth-order valence-corrected chi connectivity index (χ4v) is 4.09. The van der Waals surface area contributed by atoms with Crippen LogP contribution in [0, 0.1) is 11.6 Å². The van der Waals surface area contributed by atoms with Crippen LogP contribution in [0.2, 0.25) is 0 Å². The maximum absolute atomic E-state index is 13.3. The van der Waals surface area contributed by atoms with Gasteiger partial charge in [0.15, 0.2) is 0 Å². The molecule has 1 aliphatic heterocycles. The van der Waals surface area contributed by atoms with Crippen molar-refractivity contribution in [2.45, 2.75) is 25.4 Å². The van der Waals surface area contributed by atoms with Crippen molar-refractivity contribution in [3.8, 4) is 5.19 Å². The highest BCUT2D eigenvalue weighted by molar-refractivity contribution is 7.20. The Morgan fingerprint density at radius 3 is 2.56 bits per heavy atom. The van der Waals surface area contributed by atoms with Crippen molar-refractivity contribution in [1.29, 1.82) is 0 Å². The number of carbonyl (C=O) groups is 1. The number of nitrogens with zero attached hydrogens (tertiary/aromatic N) is 2. The molecule has 0 radical (unpaired) electrons. The first-order valence-electron chi connectivity index (χ1n) is 8.82. The van der Waals surface area contributed by atoms with Gasteiger partial charge in [0.25, 0.3) is 5.19 Å². The second-order valence-electron chi connectivity index (χ2n) is 6.59. The van der Waals surface area contributed by atoms with Crippen molar-refractivity contribution in [3.05, 3.63) is 59.7 Å². The largest absolute Gasteiger partial charge is 0.467 e. The molecule has 1 aliphatic rings. The quantitative estimate of drug-likeness (QED) is 0.673. The molecule has 1 saturated heterocycles. The normalized spacial score (nSPS) is 15.3. The van der Waals surface area contributed by atoms with Crippen LogP contribution in [-0.2, 0) is 11.2 Å². The van der Waals surface area contributed by atoms with Crippen molar-refractivity contribution >= 4 is 27.5 Å². The van der Waals surface area contributed by atoms with Gasteiger partial charge in [-0.2, -0.15) is 0 Å². The molecule has 0 bridgehead atoms. The van der Waals surface area contributed by atoms with Gasteiger partial charge in [0.05, 0.1) is 16.6 Å². The van der Waals surface area contributed by atoms with Crippen LogP contribution in [0.15, 0.2) is 42.5 Å². The number of thiazole rings is 1. The third-order valence-corrected chi connectivity index (χ3v) is 5.57. The fourth-order valence-electron chi connectivity index (χ4n) is 3.18. The van der Waals surface area contributed by atoms with E-state index >= 15 is 0 Å². The number of aromatic nitrogens is 1. The lowest BCUT2D eigenvalue weighted by Gasteiger charge is -2.31. The molecule has 2 aromatic carbocycles. The highest BCUT2D eigenvalue weighted by Crippen LogP contribution is 2.30. The van der Waals surface area contributed by atoms with Crippen LogP contribution in [0.5, 0.6) is 5.19 Å². The molecule has 0 unspecified atom stereocenters. The van der Waals surface area contributed by atoms with Crippen LogP contribution in [0.1, 0.15) is 18.4 Å². The molecule has 7 heteroatoms. The first kappa shape index (κ1) is 17.9. The zero-order valence-electron chi connectivity index (χ0n) is 14.5. The van der Waals surface area contributed by atoms with Gasteiger partial charge in [0.1, 0.15) is 17.7 Å². The van der Waals surface area contributed by atoms with E-state index in [4.69, 9.17) is 4.74 Å². The first-order chi connectivity index (χ1) is 13.1. The average Bonchev–Trinajstić information content (AvgIpc) is 3.05. The maximum atomic E-state index is 13.3. The summed E-state index contributed by atoms with van der Waals surface area (Å²) in [6.45, 7) is 1.23. The summed E-state index contributed by atoms with van der Waals surface area (Å²) < 4.78 is 32.9. The predicted molar refractivity (Wildman–Crippen MR) is 99.9 cm³/mol. The van der Waals surface area contributed by atoms with E-state index in [-0.39, 0.29) is 30.1 Å². The molecule has 27 heavy (non-hydrogen) atoms. The number of amides is 1. The van der Waals surface area contributed by atoms with Gasteiger partial charge < -0.3 is 9.64 Å². The molecule has 1 aromatic heterocycles. The molecule has 3 aromatic rings. The summed E-state index contributed by atoms with van der Waals surface area (Å²) in [5.74, 6) is -0.553. The van der Waals surface area contributed by atoms with Crippen LogP contribution in [0.25, 0.3) is 10.2 Å². The molecule has 0 N–H and O–H groups in total. The second kappa shape index (κ2) is 7.60. The molecule has 1 amide bonds. The number of hydrogen-bond acceptors (Lipinski definition) is 4. The third kappa shape index (κ3) is 4.24. The SMILES string of the molecule is O=C(Cc1ccc(F)cc1)N1CCC(Oc2nc3ccc(F)cc3s2)CC1. The molecule has 4 nitrogen and oxygen atoms in total. The number of piperidine rings is 1. The average molecular weight is 388 g/mol. The number of carbonyl (C=O) groups excluding carboxylic acids is 1. The van der Waals surface area contributed by atoms with E-state index in [1.807, 2.05) is 4.90 Å². The summed E-state index contributed by atoms with van der Waals surface area (Å²) in [5.41, 5.74) is 1.53. The Labute approximate surface area is 159 Å². The monoisotopic (exact) mass is 388 g/mol. The maximum Gasteiger partial charge on any atom is 0.274 e. The van der Waals surface area contributed by atoms with Gasteiger partial charge in [0, 0.05) is 25.9 Å². The van der Waals surface area contributed by atoms with Crippen molar-refractivity contribution in [2.75, 3.05) is 13.1 Å². The van der Waals surface area contributed by atoms with E-state index in [0.29, 0.717) is 18.3 Å². The van der Waals surface area contributed by atoms with E-state index in [1.54, 1.807) is 18.2 Å². The van der Waals surface area contributed by atoms with Gasteiger partial charge in [0.2, 0.25) is 5.91 Å². The zero-order valence-corrected chi connectivity index (χ0v) is 15.3. The number of fused-ring (bicyclic) bond motifs is 1. The van der Waals surface area contributed by atoms with Crippen molar-refractivity contribution in [1.82, 2.24) is 9.88 Å². The molecule has 140 valence electrons. The Morgan fingerprint density at radius 2 is 1.81 bits per heavy atom. The fraction of sp³-hybridized carbons (Fsp3) is 0.300. The van der Waals surface area contributed by atoms with E-state index in [9.17, 15) is 13.6 Å². The molecule has 2 heterocycles. The summed E-state index contributed by atoms with van der Waals surface area (Å²) in [6.07, 6.45) is 1.71. The molecule has 0 atom stereocenters. The molecular formula is C20H18F2N2O2S. The van der Waals surface area contributed by atoms with Crippen molar-refractivity contribution < 1.29 is 18.3 Å². The molecule has 0 aliphatic carbocycles. The second-order valence-corrected chi connectivity index (χ2v) is 7.59. The minimum absolute atomic E-state index is 0.00900. The smallest absolute Gasteiger partial charge is 0.274 e. The minimum Gasteiger partial charge on any atom is -0.467 e. The number of rotatable bonds is 4. The van der Waals surface area contributed by atoms with Crippen LogP contribution < -0.4 is 4.74 Å². The molecule has 0 spiro atoms. The van der Waals surface area contributed by atoms with Crippen LogP contribution in [0.3, 0.4) is 0 Å². The number of likely N-dealkylation sites (tertiary alicyclic amines) is 1. The van der Waals surface area contributed by atoms with Gasteiger partial charge in [-0.1, -0.05) is 23.5 Å². The molecule has 0 saturated carbocycles. The number of ether oxygens (including phenoxy) is 1. The summed E-state index contributed by atoms with van der Waals surface area (Å²) >= 11 is 1.33. The van der Waals surface area contributed by atoms with Crippen molar-refractivity contribution in [3.63, 3.8) is 0 Å². The summed E-state index contributed by atoms with van der Waals surface area (Å²) in [7, 11) is 0. The Bertz CT molecular complexity index is 950. The number of halogens is 2. The Hall–Kier alpha value is -2.54. The van der Waals surface area contributed by atoms with Gasteiger partial charge >= 0.3 is 0 Å². The first-order valence-corrected chi connectivity index (χ1v) is 9.63. The Kier molecular flexibility index (Phi) is 5.03. The third-order valence-electron chi connectivity index (χ3n) is 4.66.